The average molecular weight is 192 g/mol. The Bertz CT molecular complexity index is 166. The van der Waals surface area contributed by atoms with Crippen LogP contribution >= 0.6 is 12.6 Å². The van der Waals surface area contributed by atoms with Gasteiger partial charge >= 0.3 is 5.97 Å². The fraction of sp³-hybridized carbons (Fsp3) is 0.667. The van der Waals surface area contributed by atoms with Gasteiger partial charge in [0.25, 0.3) is 0 Å². The van der Waals surface area contributed by atoms with E-state index in [0.29, 0.717) is 0 Å². The first-order chi connectivity index (χ1) is 5.54. The summed E-state index contributed by atoms with van der Waals surface area (Å²) in [6, 6.07) is -0.934. The zero-order chi connectivity index (χ0) is 9.72. The van der Waals surface area contributed by atoms with Crippen molar-refractivity contribution in [3.05, 3.63) is 0 Å². The number of thiol groups is 1. The molecule has 0 aliphatic rings. The van der Waals surface area contributed by atoms with Crippen LogP contribution in [0.15, 0.2) is 0 Å². The number of rotatable bonds is 4. The fourth-order valence-corrected chi connectivity index (χ4v) is 1.14. The van der Waals surface area contributed by atoms with Gasteiger partial charge in [0.15, 0.2) is 0 Å². The first kappa shape index (κ1) is 11.2. The molecule has 0 heterocycles. The minimum absolute atomic E-state index is 0.0616. The number of hydrogen-bond acceptors (Lipinski definition) is 4. The van der Waals surface area contributed by atoms with Gasteiger partial charge in [-0.05, 0) is 0 Å². The van der Waals surface area contributed by atoms with Crippen LogP contribution in [0.4, 0.5) is 0 Å². The Morgan fingerprint density at radius 3 is 2.25 bits per heavy atom. The third kappa shape index (κ3) is 2.71. The van der Waals surface area contributed by atoms with Crippen LogP contribution in [-0.4, -0.2) is 40.3 Å². The van der Waals surface area contributed by atoms with Crippen LogP contribution in [0.5, 0.6) is 0 Å². The SMILES string of the molecule is CC(=O)N(CN)C(CS)C(=O)O. The van der Waals surface area contributed by atoms with Gasteiger partial charge in [0.05, 0.1) is 6.67 Å². The Morgan fingerprint density at radius 2 is 2.17 bits per heavy atom. The molecule has 0 spiro atoms. The molecule has 0 rings (SSSR count). The molecule has 12 heavy (non-hydrogen) atoms. The van der Waals surface area contributed by atoms with Gasteiger partial charge < -0.3 is 15.7 Å². The van der Waals surface area contributed by atoms with E-state index in [1.807, 2.05) is 0 Å². The standard InChI is InChI=1S/C6H12N2O3S/c1-4(9)8(3-7)5(2-12)6(10)11/h5,12H,2-3,7H2,1H3,(H,10,11). The lowest BCUT2D eigenvalue weighted by Gasteiger charge is -2.24. The summed E-state index contributed by atoms with van der Waals surface area (Å²) in [5, 5.41) is 8.63. The highest BCUT2D eigenvalue weighted by Gasteiger charge is 2.24. The monoisotopic (exact) mass is 192 g/mol. The molecular weight excluding hydrogens is 180 g/mol. The van der Waals surface area contributed by atoms with Crippen LogP contribution in [0.25, 0.3) is 0 Å². The van der Waals surface area contributed by atoms with Crippen LogP contribution in [0.1, 0.15) is 6.92 Å². The first-order valence-electron chi connectivity index (χ1n) is 3.35. The Kier molecular flexibility index (Phi) is 4.68. The van der Waals surface area contributed by atoms with E-state index in [2.05, 4.69) is 12.6 Å². The second-order valence-electron chi connectivity index (χ2n) is 2.21. The Hall–Kier alpha value is -0.750. The van der Waals surface area contributed by atoms with Crippen molar-refractivity contribution in [2.24, 2.45) is 5.73 Å². The van der Waals surface area contributed by atoms with Crippen LogP contribution < -0.4 is 5.73 Å². The normalized spacial score (nSPS) is 12.2. The van der Waals surface area contributed by atoms with Crippen molar-refractivity contribution in [2.75, 3.05) is 12.4 Å². The van der Waals surface area contributed by atoms with Gasteiger partial charge in [-0.3, -0.25) is 4.79 Å². The first-order valence-corrected chi connectivity index (χ1v) is 3.98. The molecule has 0 aromatic heterocycles. The lowest BCUT2D eigenvalue weighted by Crippen LogP contribution is -2.48. The molecule has 3 N–H and O–H groups in total. The molecule has 0 radical (unpaired) electrons. The second-order valence-corrected chi connectivity index (χ2v) is 2.57. The largest absolute Gasteiger partial charge is 0.480 e. The predicted octanol–water partition coefficient (Wildman–Crippen LogP) is -0.866. The maximum Gasteiger partial charge on any atom is 0.327 e. The van der Waals surface area contributed by atoms with Crippen molar-refractivity contribution in [3.8, 4) is 0 Å². The van der Waals surface area contributed by atoms with Gasteiger partial charge in [-0.2, -0.15) is 12.6 Å². The van der Waals surface area contributed by atoms with Crippen molar-refractivity contribution >= 4 is 24.5 Å². The van der Waals surface area contributed by atoms with Gasteiger partial charge in [0, 0.05) is 12.7 Å². The molecule has 0 aliphatic carbocycles. The van der Waals surface area contributed by atoms with E-state index >= 15 is 0 Å². The van der Waals surface area contributed by atoms with E-state index in [0.717, 1.165) is 4.90 Å². The van der Waals surface area contributed by atoms with Gasteiger partial charge in [0.1, 0.15) is 6.04 Å². The molecule has 1 unspecified atom stereocenters. The van der Waals surface area contributed by atoms with E-state index in [1.165, 1.54) is 6.92 Å². The number of carbonyl (C=O) groups excluding carboxylic acids is 1. The number of carbonyl (C=O) groups is 2. The van der Waals surface area contributed by atoms with Crippen molar-refractivity contribution < 1.29 is 14.7 Å². The molecule has 1 amide bonds. The van der Waals surface area contributed by atoms with E-state index < -0.39 is 12.0 Å². The molecule has 0 saturated heterocycles. The van der Waals surface area contributed by atoms with Crippen molar-refractivity contribution in [1.29, 1.82) is 0 Å². The number of carboxylic acid groups (broad SMARTS) is 1. The summed E-state index contributed by atoms with van der Waals surface area (Å²) in [5.41, 5.74) is 5.20. The lowest BCUT2D eigenvalue weighted by atomic mass is 10.3. The van der Waals surface area contributed by atoms with Crippen molar-refractivity contribution in [1.82, 2.24) is 4.90 Å². The summed E-state index contributed by atoms with van der Waals surface area (Å²) in [4.78, 5) is 22.4. The highest BCUT2D eigenvalue weighted by Crippen LogP contribution is 2.00. The molecule has 0 aromatic rings. The summed E-state index contributed by atoms with van der Waals surface area (Å²) in [6.07, 6.45) is 0. The number of amides is 1. The molecule has 70 valence electrons. The smallest absolute Gasteiger partial charge is 0.327 e. The molecule has 0 saturated carbocycles. The van der Waals surface area contributed by atoms with E-state index in [1.54, 1.807) is 0 Å². The van der Waals surface area contributed by atoms with Gasteiger partial charge in [0.2, 0.25) is 5.91 Å². The summed E-state index contributed by atoms with van der Waals surface area (Å²) in [7, 11) is 0. The predicted molar refractivity (Wildman–Crippen MR) is 46.9 cm³/mol. The van der Waals surface area contributed by atoms with Gasteiger partial charge in [-0.15, -0.1) is 0 Å². The van der Waals surface area contributed by atoms with Gasteiger partial charge in [-0.1, -0.05) is 0 Å². The third-order valence-electron chi connectivity index (χ3n) is 1.44. The zero-order valence-corrected chi connectivity index (χ0v) is 7.62. The Labute approximate surface area is 75.9 Å². The highest BCUT2D eigenvalue weighted by atomic mass is 32.1. The topological polar surface area (TPSA) is 83.6 Å². The number of carboxylic acids is 1. The second kappa shape index (κ2) is 5.00. The molecule has 0 aromatic carbocycles. The average Bonchev–Trinajstić information content (AvgIpc) is 1.98. The van der Waals surface area contributed by atoms with E-state index in [9.17, 15) is 9.59 Å². The van der Waals surface area contributed by atoms with Crippen LogP contribution in [0, 0.1) is 0 Å². The zero-order valence-electron chi connectivity index (χ0n) is 6.73. The molecule has 0 bridgehead atoms. The summed E-state index contributed by atoms with van der Waals surface area (Å²) in [6.45, 7) is 1.17. The molecule has 5 nitrogen and oxygen atoms in total. The maximum absolute atomic E-state index is 10.8. The minimum atomic E-state index is -1.09. The van der Waals surface area contributed by atoms with Crippen LogP contribution in [0.2, 0.25) is 0 Å². The van der Waals surface area contributed by atoms with E-state index in [-0.39, 0.29) is 18.3 Å². The lowest BCUT2D eigenvalue weighted by molar-refractivity contribution is -0.148. The number of nitrogens with zero attached hydrogens (tertiary/aromatic N) is 1. The fourth-order valence-electron chi connectivity index (χ4n) is 0.785. The number of hydrogen-bond donors (Lipinski definition) is 3. The summed E-state index contributed by atoms with van der Waals surface area (Å²) >= 11 is 3.81. The van der Waals surface area contributed by atoms with Crippen molar-refractivity contribution in [3.63, 3.8) is 0 Å². The van der Waals surface area contributed by atoms with Gasteiger partial charge in [-0.25, -0.2) is 4.79 Å². The van der Waals surface area contributed by atoms with Crippen molar-refractivity contribution in [2.45, 2.75) is 13.0 Å². The molecular formula is C6H12N2O3S. The van der Waals surface area contributed by atoms with Crippen LogP contribution in [0.3, 0.4) is 0 Å². The number of nitrogens with two attached hydrogens (primary N) is 1. The molecule has 1 atom stereocenters. The highest BCUT2D eigenvalue weighted by molar-refractivity contribution is 7.80. The Balaban J connectivity index is 4.44. The Morgan fingerprint density at radius 1 is 1.67 bits per heavy atom. The van der Waals surface area contributed by atoms with E-state index in [4.69, 9.17) is 10.8 Å². The quantitative estimate of drug-likeness (QED) is 0.399. The third-order valence-corrected chi connectivity index (χ3v) is 1.78. The maximum atomic E-state index is 10.8. The number of aliphatic carboxylic acids is 1. The molecule has 0 fully saturated rings. The van der Waals surface area contributed by atoms with Crippen LogP contribution in [-0.2, 0) is 9.59 Å². The minimum Gasteiger partial charge on any atom is -0.480 e. The summed E-state index contributed by atoms with van der Waals surface area (Å²) < 4.78 is 0. The summed E-state index contributed by atoms with van der Waals surface area (Å²) in [5.74, 6) is -1.39. The molecule has 0 aliphatic heterocycles. The molecule has 6 heteroatoms.